The van der Waals surface area contributed by atoms with E-state index in [2.05, 4.69) is 41.7 Å². The summed E-state index contributed by atoms with van der Waals surface area (Å²) < 4.78 is 2.24. The third-order valence-corrected chi connectivity index (χ3v) is 4.76. The molecule has 5 heteroatoms. The van der Waals surface area contributed by atoms with E-state index in [0.717, 1.165) is 17.8 Å². The lowest BCUT2D eigenvalue weighted by molar-refractivity contribution is -0.115. The molecule has 1 aromatic heterocycles. The van der Waals surface area contributed by atoms with Crippen LogP contribution in [0.2, 0.25) is 0 Å². The molecule has 23 heavy (non-hydrogen) atoms. The van der Waals surface area contributed by atoms with Crippen molar-refractivity contribution in [2.75, 3.05) is 0 Å². The van der Waals surface area contributed by atoms with Crippen molar-refractivity contribution in [2.45, 2.75) is 27.3 Å². The Morgan fingerprint density at radius 2 is 2.00 bits per heavy atom. The fourth-order valence-electron chi connectivity index (χ4n) is 2.70. The number of aryl methyl sites for hydroxylation is 1. The van der Waals surface area contributed by atoms with Crippen LogP contribution in [0.4, 0.5) is 5.69 Å². The molecule has 0 spiro atoms. The zero-order valence-electron chi connectivity index (χ0n) is 13.5. The van der Waals surface area contributed by atoms with E-state index in [4.69, 9.17) is 0 Å². The van der Waals surface area contributed by atoms with Crippen LogP contribution in [0.3, 0.4) is 0 Å². The van der Waals surface area contributed by atoms with E-state index in [0.29, 0.717) is 10.1 Å². The SMILES string of the molecule is CCn1c(C)cc(C=C2SC(=Nc3ccccc3)NC2=O)c1C. The van der Waals surface area contributed by atoms with Crippen LogP contribution in [-0.4, -0.2) is 15.6 Å². The van der Waals surface area contributed by atoms with Gasteiger partial charge in [0.15, 0.2) is 5.17 Å². The molecule has 0 bridgehead atoms. The molecule has 1 aliphatic rings. The van der Waals surface area contributed by atoms with E-state index in [-0.39, 0.29) is 5.91 Å². The first-order valence-corrected chi connectivity index (χ1v) is 8.41. The molecule has 1 amide bonds. The molecule has 1 saturated heterocycles. The van der Waals surface area contributed by atoms with Gasteiger partial charge in [-0.05, 0) is 62.4 Å². The Bertz CT molecular complexity index is 803. The molecule has 118 valence electrons. The number of carbonyl (C=O) groups is 1. The number of aromatic nitrogens is 1. The van der Waals surface area contributed by atoms with Gasteiger partial charge in [-0.2, -0.15) is 0 Å². The van der Waals surface area contributed by atoms with Crippen LogP contribution in [0.1, 0.15) is 23.9 Å². The van der Waals surface area contributed by atoms with Crippen LogP contribution >= 0.6 is 11.8 Å². The summed E-state index contributed by atoms with van der Waals surface area (Å²) in [5.41, 5.74) is 4.31. The Labute approximate surface area is 140 Å². The summed E-state index contributed by atoms with van der Waals surface area (Å²) in [6.45, 7) is 7.22. The Kier molecular flexibility index (Phi) is 4.39. The second-order valence-corrected chi connectivity index (χ2v) is 6.42. The quantitative estimate of drug-likeness (QED) is 0.867. The number of hydrogen-bond acceptors (Lipinski definition) is 3. The number of thioether (sulfide) groups is 1. The van der Waals surface area contributed by atoms with Crippen molar-refractivity contribution in [1.29, 1.82) is 0 Å². The van der Waals surface area contributed by atoms with Gasteiger partial charge in [0, 0.05) is 17.9 Å². The van der Waals surface area contributed by atoms with Crippen molar-refractivity contribution in [3.63, 3.8) is 0 Å². The molecular weight excluding hydrogens is 306 g/mol. The third kappa shape index (κ3) is 3.24. The minimum absolute atomic E-state index is 0.0917. The predicted molar refractivity (Wildman–Crippen MR) is 96.8 cm³/mol. The Hall–Kier alpha value is -2.27. The summed E-state index contributed by atoms with van der Waals surface area (Å²) in [6, 6.07) is 11.7. The molecule has 0 unspecified atom stereocenters. The predicted octanol–water partition coefficient (Wildman–Crippen LogP) is 4.02. The highest BCUT2D eigenvalue weighted by Crippen LogP contribution is 2.29. The molecule has 1 fully saturated rings. The lowest BCUT2D eigenvalue weighted by atomic mass is 10.2. The van der Waals surface area contributed by atoms with E-state index in [9.17, 15) is 4.79 Å². The highest BCUT2D eigenvalue weighted by Gasteiger charge is 2.24. The molecule has 2 aromatic rings. The average Bonchev–Trinajstić information content (AvgIpc) is 3.00. The largest absolute Gasteiger partial charge is 0.349 e. The molecule has 0 radical (unpaired) electrons. The number of benzene rings is 1. The molecule has 0 atom stereocenters. The zero-order chi connectivity index (χ0) is 16.4. The maximum atomic E-state index is 12.2. The number of nitrogens with one attached hydrogen (secondary N) is 1. The van der Waals surface area contributed by atoms with E-state index >= 15 is 0 Å². The number of hydrogen-bond donors (Lipinski definition) is 1. The highest BCUT2D eigenvalue weighted by atomic mass is 32.2. The van der Waals surface area contributed by atoms with Gasteiger partial charge < -0.3 is 9.88 Å². The molecule has 2 heterocycles. The number of amidine groups is 1. The van der Waals surface area contributed by atoms with E-state index < -0.39 is 0 Å². The number of para-hydroxylation sites is 1. The molecule has 0 saturated carbocycles. The molecule has 1 aliphatic heterocycles. The van der Waals surface area contributed by atoms with Crippen molar-refractivity contribution in [2.24, 2.45) is 4.99 Å². The zero-order valence-corrected chi connectivity index (χ0v) is 14.3. The smallest absolute Gasteiger partial charge is 0.264 e. The van der Waals surface area contributed by atoms with Crippen LogP contribution in [0, 0.1) is 13.8 Å². The lowest BCUT2D eigenvalue weighted by Crippen LogP contribution is -2.19. The summed E-state index contributed by atoms with van der Waals surface area (Å²) in [6.07, 6.45) is 1.95. The van der Waals surface area contributed by atoms with E-state index in [1.807, 2.05) is 36.4 Å². The van der Waals surface area contributed by atoms with Gasteiger partial charge in [0.1, 0.15) is 0 Å². The van der Waals surface area contributed by atoms with Gasteiger partial charge in [0.05, 0.1) is 10.6 Å². The Morgan fingerprint density at radius 3 is 2.65 bits per heavy atom. The van der Waals surface area contributed by atoms with Crippen LogP contribution in [0.25, 0.3) is 6.08 Å². The van der Waals surface area contributed by atoms with Gasteiger partial charge in [0.25, 0.3) is 5.91 Å². The first-order valence-electron chi connectivity index (χ1n) is 7.60. The van der Waals surface area contributed by atoms with Crippen LogP contribution < -0.4 is 5.32 Å². The summed E-state index contributed by atoms with van der Waals surface area (Å²) in [4.78, 5) is 17.3. The van der Waals surface area contributed by atoms with Crippen LogP contribution in [-0.2, 0) is 11.3 Å². The van der Waals surface area contributed by atoms with Gasteiger partial charge in [0.2, 0.25) is 0 Å². The lowest BCUT2D eigenvalue weighted by Gasteiger charge is -2.04. The molecule has 3 rings (SSSR count). The number of nitrogens with zero attached hydrogens (tertiary/aromatic N) is 2. The number of amides is 1. The number of aliphatic imine (C=N–C) groups is 1. The number of carbonyl (C=O) groups excluding carboxylic acids is 1. The second kappa shape index (κ2) is 6.46. The third-order valence-electron chi connectivity index (χ3n) is 3.85. The van der Waals surface area contributed by atoms with Crippen molar-refractivity contribution < 1.29 is 4.79 Å². The Morgan fingerprint density at radius 1 is 1.26 bits per heavy atom. The van der Waals surface area contributed by atoms with Crippen LogP contribution in [0.15, 0.2) is 46.3 Å². The van der Waals surface area contributed by atoms with Gasteiger partial charge in [-0.1, -0.05) is 18.2 Å². The topological polar surface area (TPSA) is 46.4 Å². The minimum atomic E-state index is -0.0917. The summed E-state index contributed by atoms with van der Waals surface area (Å²) in [5.74, 6) is -0.0917. The van der Waals surface area contributed by atoms with E-state index in [1.54, 1.807) is 0 Å². The monoisotopic (exact) mass is 325 g/mol. The molecule has 1 aromatic carbocycles. The minimum Gasteiger partial charge on any atom is -0.349 e. The summed E-state index contributed by atoms with van der Waals surface area (Å²) >= 11 is 1.38. The Balaban J connectivity index is 1.87. The summed E-state index contributed by atoms with van der Waals surface area (Å²) in [7, 11) is 0. The first kappa shape index (κ1) is 15.6. The fraction of sp³-hybridized carbons (Fsp3) is 0.222. The van der Waals surface area contributed by atoms with E-state index in [1.165, 1.54) is 23.1 Å². The van der Waals surface area contributed by atoms with Crippen molar-refractivity contribution in [3.05, 3.63) is 58.3 Å². The summed E-state index contributed by atoms with van der Waals surface area (Å²) in [5, 5.41) is 3.45. The fourth-order valence-corrected chi connectivity index (χ4v) is 3.53. The molecule has 1 N–H and O–H groups in total. The molecule has 4 nitrogen and oxygen atoms in total. The maximum absolute atomic E-state index is 12.2. The highest BCUT2D eigenvalue weighted by molar-refractivity contribution is 8.18. The maximum Gasteiger partial charge on any atom is 0.264 e. The second-order valence-electron chi connectivity index (χ2n) is 5.39. The molecule has 0 aliphatic carbocycles. The van der Waals surface area contributed by atoms with Crippen molar-refractivity contribution >= 4 is 34.6 Å². The molecular formula is C18H19N3OS. The van der Waals surface area contributed by atoms with Crippen LogP contribution in [0.5, 0.6) is 0 Å². The van der Waals surface area contributed by atoms with Crippen molar-refractivity contribution in [1.82, 2.24) is 9.88 Å². The van der Waals surface area contributed by atoms with Gasteiger partial charge in [-0.25, -0.2) is 4.99 Å². The normalized spacial score (nSPS) is 18.0. The van der Waals surface area contributed by atoms with Crippen molar-refractivity contribution in [3.8, 4) is 0 Å². The van der Waals surface area contributed by atoms with Gasteiger partial charge >= 0.3 is 0 Å². The standard InChI is InChI=1S/C18H19N3OS/c1-4-21-12(2)10-14(13(21)3)11-16-17(22)20-18(23-16)19-15-8-6-5-7-9-15/h5-11H,4H2,1-3H3,(H,19,20,22). The van der Waals surface area contributed by atoms with Gasteiger partial charge in [-0.3, -0.25) is 4.79 Å². The van der Waals surface area contributed by atoms with Gasteiger partial charge in [-0.15, -0.1) is 0 Å². The number of rotatable bonds is 3. The first-order chi connectivity index (χ1) is 11.1. The average molecular weight is 325 g/mol.